The quantitative estimate of drug-likeness (QED) is 0.516. The summed E-state index contributed by atoms with van der Waals surface area (Å²) in [5.74, 6) is 1.51. The number of rotatable bonds is 3. The first kappa shape index (κ1) is 14.5. The van der Waals surface area contributed by atoms with E-state index in [9.17, 15) is 5.11 Å². The molecule has 7 nitrogen and oxygen atoms in total. The van der Waals surface area contributed by atoms with E-state index >= 15 is 0 Å². The van der Waals surface area contributed by atoms with Crippen molar-refractivity contribution in [2.45, 2.75) is 0 Å². The van der Waals surface area contributed by atoms with Crippen LogP contribution in [0.1, 0.15) is 11.3 Å². The molecule has 7 heteroatoms. The first-order valence-electron chi connectivity index (χ1n) is 8.00. The number of aliphatic imine (C=N–C) groups is 1. The third-order valence-corrected chi connectivity index (χ3v) is 4.16. The van der Waals surface area contributed by atoms with Crippen molar-refractivity contribution in [1.29, 1.82) is 0 Å². The minimum absolute atomic E-state index is 0.0510. The zero-order valence-electron chi connectivity index (χ0n) is 13.5. The highest BCUT2D eigenvalue weighted by molar-refractivity contribution is 6.20. The third-order valence-electron chi connectivity index (χ3n) is 4.16. The zero-order chi connectivity index (χ0) is 17.5. The van der Waals surface area contributed by atoms with E-state index in [0.29, 0.717) is 17.5 Å². The molecule has 5 rings (SSSR count). The van der Waals surface area contributed by atoms with Crippen LogP contribution in [0.15, 0.2) is 58.2 Å². The molecule has 26 heavy (non-hydrogen) atoms. The fraction of sp³-hybridized carbons (Fsp3) is 0. The molecule has 1 aliphatic rings. The Bertz CT molecular complexity index is 1190. The molecule has 0 radical (unpaired) electrons. The Balaban J connectivity index is 1.45. The van der Waals surface area contributed by atoms with Crippen molar-refractivity contribution in [2.24, 2.45) is 4.99 Å². The van der Waals surface area contributed by atoms with Crippen LogP contribution in [0.25, 0.3) is 22.6 Å². The normalized spacial score (nSPS) is 14.2. The molecule has 1 aliphatic heterocycles. The van der Waals surface area contributed by atoms with Gasteiger partial charge in [0.2, 0.25) is 5.88 Å². The van der Waals surface area contributed by atoms with E-state index in [1.54, 1.807) is 30.8 Å². The molecule has 0 amide bonds. The molecule has 0 bridgehead atoms. The lowest BCUT2D eigenvalue weighted by atomic mass is 10.1. The van der Waals surface area contributed by atoms with Crippen LogP contribution in [-0.4, -0.2) is 26.5 Å². The topological polar surface area (TPSA) is 99.3 Å². The Labute approximate surface area is 147 Å². The van der Waals surface area contributed by atoms with Gasteiger partial charge in [-0.1, -0.05) is 0 Å². The highest BCUT2D eigenvalue weighted by atomic mass is 16.4. The number of hydrogen-bond acceptors (Lipinski definition) is 6. The Kier molecular flexibility index (Phi) is 3.11. The number of hydrogen-bond donors (Lipinski definition) is 3. The van der Waals surface area contributed by atoms with Gasteiger partial charge in [-0.15, -0.1) is 0 Å². The first-order chi connectivity index (χ1) is 12.8. The van der Waals surface area contributed by atoms with E-state index < -0.39 is 0 Å². The molecule has 0 unspecified atom stereocenters. The van der Waals surface area contributed by atoms with Crippen LogP contribution in [0.3, 0.4) is 0 Å². The first-order valence-corrected chi connectivity index (χ1v) is 8.00. The largest absolute Gasteiger partial charge is 0.504 e. The van der Waals surface area contributed by atoms with Crippen molar-refractivity contribution in [3.8, 4) is 5.75 Å². The standard InChI is InChI=1S/C19H13N5O2/c25-16-8-18(23-13-3-4-15-12(6-13)10-22-24-15)26-17(16)7-11-9-21-19-14(11)2-1-5-20-19/h1-10,23,25H,(H,22,24). The van der Waals surface area contributed by atoms with Crippen molar-refractivity contribution >= 4 is 46.2 Å². The van der Waals surface area contributed by atoms with Crippen LogP contribution in [0.2, 0.25) is 0 Å². The Morgan fingerprint density at radius 2 is 2.15 bits per heavy atom. The Morgan fingerprint density at radius 1 is 1.19 bits per heavy atom. The van der Waals surface area contributed by atoms with E-state index in [2.05, 4.69) is 25.5 Å². The molecule has 0 atom stereocenters. The monoisotopic (exact) mass is 343 g/mol. The summed E-state index contributed by atoms with van der Waals surface area (Å²) in [5, 5.41) is 21.2. The van der Waals surface area contributed by atoms with Gasteiger partial charge in [0.05, 0.1) is 11.7 Å². The highest BCUT2D eigenvalue weighted by Gasteiger charge is 2.15. The minimum atomic E-state index is 0.0510. The second-order valence-electron chi connectivity index (χ2n) is 5.89. The minimum Gasteiger partial charge on any atom is -0.504 e. The summed E-state index contributed by atoms with van der Waals surface area (Å²) in [6, 6.07) is 11.1. The molecular formula is C19H13N5O2. The summed E-state index contributed by atoms with van der Waals surface area (Å²) in [6.45, 7) is 0. The number of allylic oxidation sites excluding steroid dienone is 1. The van der Waals surface area contributed by atoms with Crippen LogP contribution in [-0.2, 0) is 0 Å². The Morgan fingerprint density at radius 3 is 3.12 bits per heavy atom. The number of nitrogens with one attached hydrogen (secondary N) is 2. The lowest BCUT2D eigenvalue weighted by Crippen LogP contribution is -1.87. The lowest BCUT2D eigenvalue weighted by molar-refractivity contribution is 0.456. The third kappa shape index (κ3) is 2.42. The molecule has 4 heterocycles. The van der Waals surface area contributed by atoms with Gasteiger partial charge in [-0.2, -0.15) is 5.10 Å². The number of anilines is 2. The number of pyridine rings is 1. The molecule has 3 aromatic heterocycles. The molecular weight excluding hydrogens is 330 g/mol. The van der Waals surface area contributed by atoms with Crippen molar-refractivity contribution < 1.29 is 9.52 Å². The van der Waals surface area contributed by atoms with E-state index in [-0.39, 0.29) is 5.75 Å². The maximum atomic E-state index is 10.2. The number of nitrogens with zero attached hydrogens (tertiary/aromatic N) is 3. The van der Waals surface area contributed by atoms with E-state index in [1.807, 2.05) is 30.3 Å². The van der Waals surface area contributed by atoms with Gasteiger partial charge < -0.3 is 14.8 Å². The molecule has 126 valence electrons. The van der Waals surface area contributed by atoms with Gasteiger partial charge in [-0.3, -0.25) is 5.10 Å². The molecule has 0 fully saturated rings. The van der Waals surface area contributed by atoms with E-state index in [4.69, 9.17) is 4.42 Å². The smallest absolute Gasteiger partial charge is 0.201 e. The summed E-state index contributed by atoms with van der Waals surface area (Å²) in [5.41, 5.74) is 3.53. The lowest BCUT2D eigenvalue weighted by Gasteiger charge is -2.02. The number of aromatic hydroxyl groups is 1. The molecule has 1 aromatic carbocycles. The maximum Gasteiger partial charge on any atom is 0.201 e. The summed E-state index contributed by atoms with van der Waals surface area (Å²) in [7, 11) is 0. The molecule has 0 aliphatic carbocycles. The molecule has 0 spiro atoms. The predicted octanol–water partition coefficient (Wildman–Crippen LogP) is 4.26. The van der Waals surface area contributed by atoms with Gasteiger partial charge in [0.25, 0.3) is 0 Å². The van der Waals surface area contributed by atoms with Crippen molar-refractivity contribution in [2.75, 3.05) is 5.32 Å². The molecule has 0 saturated heterocycles. The number of H-pyrrole nitrogens is 1. The fourth-order valence-corrected chi connectivity index (χ4v) is 2.90. The second-order valence-corrected chi connectivity index (χ2v) is 5.89. The number of benzene rings is 1. The highest BCUT2D eigenvalue weighted by Crippen LogP contribution is 2.35. The van der Waals surface area contributed by atoms with Gasteiger partial charge in [-0.25, -0.2) is 9.98 Å². The summed E-state index contributed by atoms with van der Waals surface area (Å²) in [4.78, 5) is 8.46. The van der Waals surface area contributed by atoms with E-state index in [1.165, 1.54) is 0 Å². The SMILES string of the molecule is Oc1cc(Nc2ccc3[nH]ncc3c2)oc1C=C1C=Nc2ncccc21. The average Bonchev–Trinajstić information content (AvgIpc) is 3.35. The van der Waals surface area contributed by atoms with Crippen LogP contribution in [0.5, 0.6) is 5.75 Å². The Hall–Kier alpha value is -3.87. The van der Waals surface area contributed by atoms with Crippen LogP contribution >= 0.6 is 0 Å². The van der Waals surface area contributed by atoms with Crippen LogP contribution in [0, 0.1) is 0 Å². The summed E-state index contributed by atoms with van der Waals surface area (Å²) >= 11 is 0. The second kappa shape index (κ2) is 5.59. The van der Waals surface area contributed by atoms with Gasteiger partial charge >= 0.3 is 0 Å². The van der Waals surface area contributed by atoms with E-state index in [0.717, 1.165) is 27.7 Å². The van der Waals surface area contributed by atoms with Gasteiger partial charge in [0.1, 0.15) is 0 Å². The fourth-order valence-electron chi connectivity index (χ4n) is 2.90. The molecule has 3 N–H and O–H groups in total. The van der Waals surface area contributed by atoms with Crippen molar-refractivity contribution in [3.05, 3.63) is 60.1 Å². The number of fused-ring (bicyclic) bond motifs is 2. The molecule has 0 saturated carbocycles. The summed E-state index contributed by atoms with van der Waals surface area (Å²) < 4.78 is 5.75. The summed E-state index contributed by atoms with van der Waals surface area (Å²) in [6.07, 6.45) is 6.90. The number of aromatic nitrogens is 3. The number of furan rings is 1. The molecule has 4 aromatic rings. The maximum absolute atomic E-state index is 10.2. The average molecular weight is 343 g/mol. The predicted molar refractivity (Wildman–Crippen MR) is 100 cm³/mol. The van der Waals surface area contributed by atoms with Gasteiger partial charge in [0.15, 0.2) is 17.3 Å². The van der Waals surface area contributed by atoms with Gasteiger partial charge in [0, 0.05) is 40.7 Å². The van der Waals surface area contributed by atoms with Crippen LogP contribution in [0.4, 0.5) is 17.4 Å². The number of aromatic amines is 1. The zero-order valence-corrected chi connectivity index (χ0v) is 13.5. The van der Waals surface area contributed by atoms with Crippen molar-refractivity contribution in [1.82, 2.24) is 15.2 Å². The van der Waals surface area contributed by atoms with Crippen LogP contribution < -0.4 is 5.32 Å². The van der Waals surface area contributed by atoms with Crippen molar-refractivity contribution in [3.63, 3.8) is 0 Å². The van der Waals surface area contributed by atoms with Gasteiger partial charge in [-0.05, 0) is 36.4 Å².